The predicted octanol–water partition coefficient (Wildman–Crippen LogP) is 1.17. The third-order valence-corrected chi connectivity index (χ3v) is 4.72. The number of hydrogen-bond donors (Lipinski definition) is 1. The number of nitrogens with one attached hydrogen (secondary N) is 1. The van der Waals surface area contributed by atoms with Crippen LogP contribution in [0.5, 0.6) is 0 Å². The van der Waals surface area contributed by atoms with Crippen molar-refractivity contribution in [2.75, 3.05) is 18.6 Å². The Morgan fingerprint density at radius 2 is 1.95 bits per heavy atom. The summed E-state index contributed by atoms with van der Waals surface area (Å²) in [4.78, 5) is 13.9. The highest BCUT2D eigenvalue weighted by atomic mass is 32.2. The lowest BCUT2D eigenvalue weighted by Gasteiger charge is -2.25. The van der Waals surface area contributed by atoms with Crippen LogP contribution in [0, 0.1) is 13.8 Å². The molecule has 0 aliphatic carbocycles. The first-order valence-electron chi connectivity index (χ1n) is 7.00. The third-order valence-electron chi connectivity index (χ3n) is 3.80. The molecular formula is C15H22N2O3S. The van der Waals surface area contributed by atoms with Crippen LogP contribution in [0.3, 0.4) is 0 Å². The number of carbonyl (C=O) groups excluding carboxylic acids is 1. The van der Waals surface area contributed by atoms with Gasteiger partial charge in [0.1, 0.15) is 16.0 Å². The van der Waals surface area contributed by atoms with Gasteiger partial charge in [0.15, 0.2) is 0 Å². The van der Waals surface area contributed by atoms with E-state index in [1.54, 1.807) is 11.8 Å². The maximum absolute atomic E-state index is 12.3. The van der Waals surface area contributed by atoms with E-state index in [0.29, 0.717) is 0 Å². The van der Waals surface area contributed by atoms with Crippen LogP contribution in [0.2, 0.25) is 0 Å². The van der Waals surface area contributed by atoms with Gasteiger partial charge in [0.25, 0.3) is 0 Å². The molecule has 1 aliphatic rings. The second kappa shape index (κ2) is 5.77. The maximum atomic E-state index is 12.3. The Labute approximate surface area is 126 Å². The number of rotatable bonds is 4. The fourth-order valence-corrected chi connectivity index (χ4v) is 3.20. The molecule has 1 heterocycles. The molecule has 116 valence electrons. The summed E-state index contributed by atoms with van der Waals surface area (Å²) in [6.45, 7) is 6.05. The zero-order valence-corrected chi connectivity index (χ0v) is 13.7. The van der Waals surface area contributed by atoms with Crippen LogP contribution < -0.4 is 5.32 Å². The molecule has 2 rings (SSSR count). The number of hydrogen-bond acceptors (Lipinski definition) is 4. The average molecular weight is 310 g/mol. The van der Waals surface area contributed by atoms with Gasteiger partial charge in [-0.3, -0.25) is 10.1 Å². The fourth-order valence-electron chi connectivity index (χ4n) is 2.67. The molecule has 2 atom stereocenters. The Morgan fingerprint density at radius 1 is 1.29 bits per heavy atom. The first-order valence-corrected chi connectivity index (χ1v) is 9.06. The van der Waals surface area contributed by atoms with E-state index in [9.17, 15) is 13.2 Å². The van der Waals surface area contributed by atoms with Crippen molar-refractivity contribution in [3.8, 4) is 0 Å². The number of amides is 1. The van der Waals surface area contributed by atoms with E-state index in [4.69, 9.17) is 0 Å². The Balaban J connectivity index is 2.29. The normalized spacial score (nSPS) is 22.9. The summed E-state index contributed by atoms with van der Waals surface area (Å²) >= 11 is 0. The molecule has 6 heteroatoms. The molecule has 1 saturated heterocycles. The zero-order chi connectivity index (χ0) is 15.8. The van der Waals surface area contributed by atoms with Crippen LogP contribution in [0.4, 0.5) is 0 Å². The van der Waals surface area contributed by atoms with Gasteiger partial charge >= 0.3 is 0 Å². The van der Waals surface area contributed by atoms with Gasteiger partial charge in [-0.25, -0.2) is 8.42 Å². The molecule has 1 aromatic rings. The number of benzene rings is 1. The standard InChI is InChI=1S/C15H22N2O3S/c1-10-5-6-13(11(2)9-10)14-16-12(3)15(18)17(14)7-8-21(4,19)20/h5-6,9,12,14,16H,7-8H2,1-4H3. The van der Waals surface area contributed by atoms with Crippen molar-refractivity contribution < 1.29 is 13.2 Å². The summed E-state index contributed by atoms with van der Waals surface area (Å²) < 4.78 is 22.7. The van der Waals surface area contributed by atoms with Crippen molar-refractivity contribution in [3.05, 3.63) is 34.9 Å². The van der Waals surface area contributed by atoms with E-state index >= 15 is 0 Å². The molecule has 0 aromatic heterocycles. The van der Waals surface area contributed by atoms with Crippen molar-refractivity contribution >= 4 is 15.7 Å². The zero-order valence-electron chi connectivity index (χ0n) is 12.9. The van der Waals surface area contributed by atoms with Gasteiger partial charge in [0, 0.05) is 12.8 Å². The topological polar surface area (TPSA) is 66.5 Å². The Kier molecular flexibility index (Phi) is 4.39. The summed E-state index contributed by atoms with van der Waals surface area (Å²) in [6.07, 6.45) is 0.936. The third kappa shape index (κ3) is 3.63. The molecule has 1 fully saturated rings. The van der Waals surface area contributed by atoms with Crippen LogP contribution >= 0.6 is 0 Å². The van der Waals surface area contributed by atoms with E-state index in [1.165, 1.54) is 6.26 Å². The second-order valence-corrected chi connectivity index (χ2v) is 8.07. The molecular weight excluding hydrogens is 288 g/mol. The molecule has 5 nitrogen and oxygen atoms in total. The highest BCUT2D eigenvalue weighted by molar-refractivity contribution is 7.90. The molecule has 0 radical (unpaired) electrons. The summed E-state index contributed by atoms with van der Waals surface area (Å²) in [5, 5.41) is 3.25. The smallest absolute Gasteiger partial charge is 0.241 e. The van der Waals surface area contributed by atoms with E-state index in [0.717, 1.165) is 16.7 Å². The van der Waals surface area contributed by atoms with Crippen molar-refractivity contribution in [1.82, 2.24) is 10.2 Å². The van der Waals surface area contributed by atoms with Crippen LogP contribution in [0.15, 0.2) is 18.2 Å². The maximum Gasteiger partial charge on any atom is 0.241 e. The van der Waals surface area contributed by atoms with Crippen molar-refractivity contribution in [1.29, 1.82) is 0 Å². The summed E-state index contributed by atoms with van der Waals surface area (Å²) in [5.41, 5.74) is 3.28. The van der Waals surface area contributed by atoms with Gasteiger partial charge in [-0.05, 0) is 31.9 Å². The first-order chi connectivity index (χ1) is 9.69. The highest BCUT2D eigenvalue weighted by Gasteiger charge is 2.37. The molecule has 1 aliphatic heterocycles. The molecule has 0 saturated carbocycles. The number of aryl methyl sites for hydroxylation is 2. The monoisotopic (exact) mass is 310 g/mol. The van der Waals surface area contributed by atoms with Gasteiger partial charge in [0.2, 0.25) is 5.91 Å². The number of carbonyl (C=O) groups is 1. The first kappa shape index (κ1) is 16.0. The Morgan fingerprint density at radius 3 is 2.52 bits per heavy atom. The molecule has 0 bridgehead atoms. The molecule has 2 unspecified atom stereocenters. The van der Waals surface area contributed by atoms with Crippen molar-refractivity contribution in [3.63, 3.8) is 0 Å². The lowest BCUT2D eigenvalue weighted by Crippen LogP contribution is -2.35. The molecule has 0 spiro atoms. The summed E-state index contributed by atoms with van der Waals surface area (Å²) in [6, 6.07) is 5.78. The van der Waals surface area contributed by atoms with Crippen LogP contribution in [0.1, 0.15) is 29.8 Å². The largest absolute Gasteiger partial charge is 0.321 e. The Hall–Kier alpha value is -1.40. The summed E-state index contributed by atoms with van der Waals surface area (Å²) in [5.74, 6) is -0.0715. The second-order valence-electron chi connectivity index (χ2n) is 5.81. The summed E-state index contributed by atoms with van der Waals surface area (Å²) in [7, 11) is -3.10. The van der Waals surface area contributed by atoms with Gasteiger partial charge < -0.3 is 4.90 Å². The van der Waals surface area contributed by atoms with Crippen LogP contribution in [-0.2, 0) is 14.6 Å². The van der Waals surface area contributed by atoms with Gasteiger partial charge in [-0.2, -0.15) is 0 Å². The minimum atomic E-state index is -3.10. The van der Waals surface area contributed by atoms with E-state index < -0.39 is 9.84 Å². The van der Waals surface area contributed by atoms with Crippen LogP contribution in [0.25, 0.3) is 0 Å². The van der Waals surface area contributed by atoms with E-state index in [-0.39, 0.29) is 30.4 Å². The number of nitrogens with zero attached hydrogens (tertiary/aromatic N) is 1. The van der Waals surface area contributed by atoms with Crippen LogP contribution in [-0.4, -0.2) is 43.8 Å². The highest BCUT2D eigenvalue weighted by Crippen LogP contribution is 2.28. The van der Waals surface area contributed by atoms with Gasteiger partial charge in [0.05, 0.1) is 11.8 Å². The molecule has 21 heavy (non-hydrogen) atoms. The number of sulfone groups is 1. The minimum absolute atomic E-state index is 0.0193. The molecule has 1 N–H and O–H groups in total. The van der Waals surface area contributed by atoms with Crippen molar-refractivity contribution in [2.24, 2.45) is 0 Å². The SMILES string of the molecule is Cc1ccc(C2NC(C)C(=O)N2CCS(C)(=O)=O)c(C)c1. The fraction of sp³-hybridized carbons (Fsp3) is 0.533. The minimum Gasteiger partial charge on any atom is -0.321 e. The Bertz CT molecular complexity index is 655. The lowest BCUT2D eigenvalue weighted by atomic mass is 10.0. The molecule has 1 aromatic carbocycles. The van der Waals surface area contributed by atoms with E-state index in [1.807, 2.05) is 26.0 Å². The predicted molar refractivity (Wildman–Crippen MR) is 82.7 cm³/mol. The lowest BCUT2D eigenvalue weighted by molar-refractivity contribution is -0.129. The quantitative estimate of drug-likeness (QED) is 0.906. The molecule has 1 amide bonds. The van der Waals surface area contributed by atoms with Crippen molar-refractivity contribution in [2.45, 2.75) is 33.0 Å². The van der Waals surface area contributed by atoms with Gasteiger partial charge in [-0.1, -0.05) is 23.8 Å². The average Bonchev–Trinajstić information content (AvgIpc) is 2.62. The van der Waals surface area contributed by atoms with E-state index in [2.05, 4.69) is 11.4 Å². The van der Waals surface area contributed by atoms with Gasteiger partial charge in [-0.15, -0.1) is 0 Å².